The Hall–Kier alpha value is -5.11. The number of pyridine rings is 1. The average molecular weight is 769 g/mol. The number of benzene rings is 6. The van der Waals surface area contributed by atoms with Gasteiger partial charge in [0.05, 0.1) is 16.9 Å². The van der Waals surface area contributed by atoms with Crippen molar-refractivity contribution in [1.29, 1.82) is 0 Å². The van der Waals surface area contributed by atoms with Crippen LogP contribution in [0.4, 0.5) is 0 Å². The molecule has 0 N–H and O–H groups in total. The first-order valence-electron chi connectivity index (χ1n) is 15.2. The van der Waals surface area contributed by atoms with Crippen molar-refractivity contribution >= 4 is 21.8 Å². The van der Waals surface area contributed by atoms with Gasteiger partial charge in [-0.25, -0.2) is 0 Å². The molecular formula is C42H27N3Pt. The third-order valence-corrected chi connectivity index (χ3v) is 9.29. The van der Waals surface area contributed by atoms with Crippen LogP contribution in [0.5, 0.6) is 0 Å². The molecule has 1 aliphatic rings. The molecule has 4 heteroatoms. The Kier molecular flexibility index (Phi) is 6.81. The maximum atomic E-state index is 5.03. The van der Waals surface area contributed by atoms with E-state index in [0.29, 0.717) is 0 Å². The van der Waals surface area contributed by atoms with Crippen LogP contribution in [0, 0.1) is 12.1 Å². The molecule has 0 atom stereocenters. The number of hydrogen-bond acceptors (Lipinski definition) is 2. The first-order chi connectivity index (χ1) is 22.2. The van der Waals surface area contributed by atoms with E-state index in [4.69, 9.17) is 9.97 Å². The monoisotopic (exact) mass is 768 g/mol. The van der Waals surface area contributed by atoms with E-state index < -0.39 is 5.41 Å². The van der Waals surface area contributed by atoms with E-state index in [1.54, 1.807) is 0 Å². The van der Waals surface area contributed by atoms with Gasteiger partial charge >= 0.3 is 21.1 Å². The van der Waals surface area contributed by atoms with Gasteiger partial charge in [-0.05, 0) is 50.9 Å². The molecule has 0 saturated carbocycles. The van der Waals surface area contributed by atoms with Gasteiger partial charge in [-0.15, -0.1) is 70.8 Å². The summed E-state index contributed by atoms with van der Waals surface area (Å²) >= 11 is 0. The first-order valence-corrected chi connectivity index (χ1v) is 15.2. The molecule has 0 aliphatic heterocycles. The van der Waals surface area contributed by atoms with E-state index in [1.165, 1.54) is 22.3 Å². The average Bonchev–Trinajstić information content (AvgIpc) is 3.61. The Labute approximate surface area is 282 Å². The van der Waals surface area contributed by atoms with Gasteiger partial charge in [0.2, 0.25) is 0 Å². The number of aromatic nitrogens is 3. The Morgan fingerprint density at radius 1 is 0.587 bits per heavy atom. The minimum atomic E-state index is -0.638. The molecule has 0 radical (unpaired) electrons. The molecule has 220 valence electrons. The van der Waals surface area contributed by atoms with E-state index in [2.05, 4.69) is 151 Å². The van der Waals surface area contributed by atoms with Gasteiger partial charge in [0.1, 0.15) is 0 Å². The van der Waals surface area contributed by atoms with Crippen LogP contribution < -0.4 is 0 Å². The maximum Gasteiger partial charge on any atom is 2.00 e. The third kappa shape index (κ3) is 4.16. The van der Waals surface area contributed by atoms with Crippen molar-refractivity contribution in [1.82, 2.24) is 14.5 Å². The van der Waals surface area contributed by atoms with Gasteiger partial charge in [-0.3, -0.25) is 4.98 Å². The van der Waals surface area contributed by atoms with Crippen LogP contribution in [0.3, 0.4) is 0 Å². The smallest absolute Gasteiger partial charge is 0.367 e. The molecule has 0 spiro atoms. The van der Waals surface area contributed by atoms with Gasteiger partial charge in [0.25, 0.3) is 0 Å². The molecule has 0 amide bonds. The standard InChI is InChI=1S/C42H27N3.Pt/c1-45-40-23-9-8-22-38(40)44-41(45)30-15-11-17-33(25-30)42(36-20-6-4-18-34(36)35-19-5-7-21-37(35)42)32-16-10-14-29(24-32)39-26-28-12-2-3-13-31(28)27-43-39;/h2-23,26-27H,1H3;/q-2;+2. The third-order valence-electron chi connectivity index (χ3n) is 9.29. The summed E-state index contributed by atoms with van der Waals surface area (Å²) in [7, 11) is 2.08. The fraction of sp³-hybridized carbons (Fsp3) is 0.0476. The SMILES string of the molecule is Cn1c(-c2[c-]c(C3(c4[c-]c(-c5cc6ccccc6cn5)ccc4)c4ccccc4-c4ccccc43)ccc2)nc2ccccc21.[Pt+2]. The first kappa shape index (κ1) is 28.4. The normalized spacial score (nSPS) is 12.9. The van der Waals surface area contributed by atoms with Crippen LogP contribution in [0.2, 0.25) is 0 Å². The van der Waals surface area contributed by atoms with E-state index in [1.807, 2.05) is 18.3 Å². The minimum Gasteiger partial charge on any atom is -0.367 e. The second kappa shape index (κ2) is 11.0. The minimum absolute atomic E-state index is 0. The van der Waals surface area contributed by atoms with Gasteiger partial charge in [-0.1, -0.05) is 91.0 Å². The van der Waals surface area contributed by atoms with Gasteiger partial charge in [0.15, 0.2) is 0 Å². The Morgan fingerprint density at radius 3 is 1.89 bits per heavy atom. The molecule has 0 bridgehead atoms. The molecule has 6 aromatic carbocycles. The van der Waals surface area contributed by atoms with Crippen LogP contribution in [0.1, 0.15) is 22.3 Å². The van der Waals surface area contributed by atoms with Crippen LogP contribution >= 0.6 is 0 Å². The zero-order valence-electron chi connectivity index (χ0n) is 25.0. The van der Waals surface area contributed by atoms with Crippen LogP contribution in [0.25, 0.3) is 55.6 Å². The second-order valence-corrected chi connectivity index (χ2v) is 11.7. The molecule has 3 nitrogen and oxygen atoms in total. The predicted molar refractivity (Wildman–Crippen MR) is 182 cm³/mol. The predicted octanol–water partition coefficient (Wildman–Crippen LogP) is 9.42. The van der Waals surface area contributed by atoms with E-state index in [-0.39, 0.29) is 21.1 Å². The topological polar surface area (TPSA) is 30.7 Å². The molecule has 0 saturated heterocycles. The number of nitrogens with zero attached hydrogens (tertiary/aromatic N) is 3. The summed E-state index contributed by atoms with van der Waals surface area (Å²) < 4.78 is 2.16. The van der Waals surface area contributed by atoms with E-state index >= 15 is 0 Å². The largest absolute Gasteiger partial charge is 2.00 e. The molecule has 46 heavy (non-hydrogen) atoms. The zero-order chi connectivity index (χ0) is 30.0. The molecule has 9 rings (SSSR count). The van der Waals surface area contributed by atoms with Crippen LogP contribution in [0.15, 0.2) is 146 Å². The molecule has 0 fully saturated rings. The summed E-state index contributed by atoms with van der Waals surface area (Å²) in [6, 6.07) is 57.0. The Bertz CT molecular complexity index is 2380. The van der Waals surface area contributed by atoms with Crippen molar-refractivity contribution in [3.63, 3.8) is 0 Å². The number of hydrogen-bond donors (Lipinski definition) is 0. The summed E-state index contributed by atoms with van der Waals surface area (Å²) in [5, 5.41) is 2.29. The summed E-state index contributed by atoms with van der Waals surface area (Å²) in [5.74, 6) is 0.894. The fourth-order valence-corrected chi connectivity index (χ4v) is 7.23. The Balaban J connectivity index is 0.00000312. The van der Waals surface area contributed by atoms with Crippen molar-refractivity contribution in [3.8, 4) is 33.8 Å². The van der Waals surface area contributed by atoms with Crippen molar-refractivity contribution < 1.29 is 21.1 Å². The van der Waals surface area contributed by atoms with Crippen molar-refractivity contribution in [2.75, 3.05) is 0 Å². The molecule has 8 aromatic rings. The molecule has 0 unspecified atom stereocenters. The zero-order valence-corrected chi connectivity index (χ0v) is 27.3. The molecule has 2 heterocycles. The number of aryl methyl sites for hydroxylation is 1. The second-order valence-electron chi connectivity index (χ2n) is 11.7. The van der Waals surface area contributed by atoms with Crippen molar-refractivity contribution in [3.05, 3.63) is 180 Å². The van der Waals surface area contributed by atoms with Crippen molar-refractivity contribution in [2.24, 2.45) is 7.05 Å². The molecule has 1 aliphatic carbocycles. The van der Waals surface area contributed by atoms with Gasteiger partial charge in [0, 0.05) is 18.7 Å². The van der Waals surface area contributed by atoms with Crippen molar-refractivity contribution in [2.45, 2.75) is 5.41 Å². The summed E-state index contributed by atoms with van der Waals surface area (Å²) in [4.78, 5) is 9.89. The summed E-state index contributed by atoms with van der Waals surface area (Å²) in [5.41, 5.74) is 11.3. The van der Waals surface area contributed by atoms with E-state index in [0.717, 1.165) is 55.6 Å². The number of rotatable bonds is 4. The van der Waals surface area contributed by atoms with Crippen LogP contribution in [-0.4, -0.2) is 14.5 Å². The summed E-state index contributed by atoms with van der Waals surface area (Å²) in [6.07, 6.45) is 1.95. The Morgan fingerprint density at radius 2 is 1.17 bits per heavy atom. The number of para-hydroxylation sites is 2. The van der Waals surface area contributed by atoms with Gasteiger partial charge < -0.3 is 9.55 Å². The van der Waals surface area contributed by atoms with Crippen LogP contribution in [-0.2, 0) is 33.5 Å². The van der Waals surface area contributed by atoms with Gasteiger partial charge in [-0.2, -0.15) is 0 Å². The molecular weight excluding hydrogens is 742 g/mol. The number of fused-ring (bicyclic) bond motifs is 5. The molecule has 2 aromatic heterocycles. The quantitative estimate of drug-likeness (QED) is 0.167. The van der Waals surface area contributed by atoms with E-state index in [9.17, 15) is 0 Å². The summed E-state index contributed by atoms with van der Waals surface area (Å²) in [6.45, 7) is 0. The number of imidazole rings is 1. The maximum absolute atomic E-state index is 5.03. The fourth-order valence-electron chi connectivity index (χ4n) is 7.23.